The van der Waals surface area contributed by atoms with Crippen LogP contribution in [0, 0.1) is 0 Å². The number of fused-ring (bicyclic) bond motifs is 1. The van der Waals surface area contributed by atoms with Crippen LogP contribution in [0.1, 0.15) is 44.4 Å². The van der Waals surface area contributed by atoms with Gasteiger partial charge in [-0.1, -0.05) is 49.7 Å². The monoisotopic (exact) mass is 572 g/mol. The number of likely N-dealkylation sites (N-methyl/N-ethyl adjacent to an activating group) is 1. The van der Waals surface area contributed by atoms with Crippen molar-refractivity contribution in [3.05, 3.63) is 51.5 Å². The summed E-state index contributed by atoms with van der Waals surface area (Å²) in [5, 5.41) is 5.18. The van der Waals surface area contributed by atoms with Gasteiger partial charge in [-0.05, 0) is 36.9 Å². The summed E-state index contributed by atoms with van der Waals surface area (Å²) < 4.78 is 47.7. The van der Waals surface area contributed by atoms with E-state index in [0.29, 0.717) is 18.0 Å². The molecule has 0 aliphatic carbocycles. The molecule has 200 valence electrons. The fourth-order valence-electron chi connectivity index (χ4n) is 3.94. The van der Waals surface area contributed by atoms with Crippen molar-refractivity contribution in [2.45, 2.75) is 46.8 Å². The van der Waals surface area contributed by atoms with Crippen LogP contribution in [0.4, 0.5) is 29.3 Å². The van der Waals surface area contributed by atoms with Crippen molar-refractivity contribution in [1.29, 1.82) is 0 Å². The Morgan fingerprint density at radius 2 is 1.75 bits per heavy atom. The fraction of sp³-hybridized carbons (Fsp3) is 0.500. The molecule has 2 aromatic carbocycles. The molecule has 2 heterocycles. The molecule has 2 amide bonds. The van der Waals surface area contributed by atoms with Gasteiger partial charge in [0.1, 0.15) is 5.75 Å². The number of alkyl halides is 3. The second kappa shape index (κ2) is 13.3. The Morgan fingerprint density at radius 3 is 2.39 bits per heavy atom. The van der Waals surface area contributed by atoms with Crippen molar-refractivity contribution >= 4 is 33.3 Å². The molecular weight excluding hydrogens is 537 g/mol. The standard InChI is InChI=1S/C22H24BrF3N4O2.C3H8.CH4/c1-29-7-9-30(10-8-29)13-14-2-3-15(12-17(14)22(24,25)26)27-21(31)28-19-5-4-18(23)16-6-11-32-20(16)19;1-3-2;/h2-5,12H,6-11,13H2,1H3,(H2,27,28,31);3H2,1-2H3;1H4. The summed E-state index contributed by atoms with van der Waals surface area (Å²) in [5.41, 5.74) is 0.970. The van der Waals surface area contributed by atoms with E-state index >= 15 is 0 Å². The first-order valence-corrected chi connectivity index (χ1v) is 12.5. The summed E-state index contributed by atoms with van der Waals surface area (Å²) in [5.74, 6) is 0.577. The molecule has 2 aliphatic rings. The maximum absolute atomic E-state index is 13.7. The van der Waals surface area contributed by atoms with Gasteiger partial charge in [-0.15, -0.1) is 0 Å². The number of anilines is 2. The SMILES string of the molecule is C.CCC.CN1CCN(Cc2ccc(NC(=O)Nc3ccc(Br)c4c3OCC4)cc2C(F)(F)F)CC1. The average molecular weight is 573 g/mol. The Labute approximate surface area is 220 Å². The minimum absolute atomic E-state index is 0. The van der Waals surface area contributed by atoms with Crippen LogP contribution in [0.2, 0.25) is 0 Å². The molecule has 1 fully saturated rings. The predicted molar refractivity (Wildman–Crippen MR) is 143 cm³/mol. The van der Waals surface area contributed by atoms with Gasteiger partial charge in [0.25, 0.3) is 0 Å². The normalized spacial score (nSPS) is 15.6. The van der Waals surface area contributed by atoms with Gasteiger partial charge < -0.3 is 20.3 Å². The van der Waals surface area contributed by atoms with Crippen LogP contribution >= 0.6 is 15.9 Å². The molecule has 0 bridgehead atoms. The quantitative estimate of drug-likeness (QED) is 0.421. The van der Waals surface area contributed by atoms with Gasteiger partial charge >= 0.3 is 12.2 Å². The topological polar surface area (TPSA) is 56.8 Å². The van der Waals surface area contributed by atoms with Crippen molar-refractivity contribution in [3.8, 4) is 5.75 Å². The van der Waals surface area contributed by atoms with Gasteiger partial charge in [-0.3, -0.25) is 4.90 Å². The average Bonchev–Trinajstić information content (AvgIpc) is 3.29. The summed E-state index contributed by atoms with van der Waals surface area (Å²) >= 11 is 3.45. The van der Waals surface area contributed by atoms with E-state index < -0.39 is 17.8 Å². The number of rotatable bonds is 4. The molecule has 0 aromatic heterocycles. The van der Waals surface area contributed by atoms with E-state index in [1.165, 1.54) is 18.6 Å². The number of urea groups is 1. The first kappa shape index (κ1) is 29.9. The van der Waals surface area contributed by atoms with Gasteiger partial charge in [0.2, 0.25) is 0 Å². The van der Waals surface area contributed by atoms with E-state index in [1.807, 2.05) is 11.9 Å². The van der Waals surface area contributed by atoms with Crippen LogP contribution in [0.15, 0.2) is 34.8 Å². The van der Waals surface area contributed by atoms with Crippen molar-refractivity contribution in [2.75, 3.05) is 50.5 Å². The Balaban J connectivity index is 0.00000109. The molecule has 2 aliphatic heterocycles. The Bertz CT molecular complexity index is 1020. The highest BCUT2D eigenvalue weighted by Gasteiger charge is 2.34. The van der Waals surface area contributed by atoms with E-state index in [-0.39, 0.29) is 25.2 Å². The van der Waals surface area contributed by atoms with Gasteiger partial charge in [0.15, 0.2) is 0 Å². The summed E-state index contributed by atoms with van der Waals surface area (Å²) in [4.78, 5) is 16.6. The molecule has 6 nitrogen and oxygen atoms in total. The number of halogens is 4. The van der Waals surface area contributed by atoms with Gasteiger partial charge in [0, 0.05) is 54.9 Å². The first-order chi connectivity index (χ1) is 16.6. The highest BCUT2D eigenvalue weighted by Crippen LogP contribution is 2.39. The number of hydrogen-bond donors (Lipinski definition) is 2. The number of carbonyl (C=O) groups is 1. The summed E-state index contributed by atoms with van der Waals surface area (Å²) in [7, 11) is 2.00. The van der Waals surface area contributed by atoms with Gasteiger partial charge in [-0.2, -0.15) is 13.2 Å². The summed E-state index contributed by atoms with van der Waals surface area (Å²) in [6, 6.07) is 6.80. The number of ether oxygens (including phenoxy) is 1. The Hall–Kier alpha value is -2.30. The Morgan fingerprint density at radius 1 is 1.08 bits per heavy atom. The van der Waals surface area contributed by atoms with E-state index in [4.69, 9.17) is 4.74 Å². The lowest BCUT2D eigenvalue weighted by molar-refractivity contribution is -0.138. The zero-order valence-electron chi connectivity index (χ0n) is 20.3. The molecule has 0 radical (unpaired) electrons. The molecule has 1 saturated heterocycles. The smallest absolute Gasteiger partial charge is 0.416 e. The van der Waals surface area contributed by atoms with Crippen molar-refractivity contribution < 1.29 is 22.7 Å². The number of amides is 2. The third-order valence-corrected chi connectivity index (χ3v) is 6.46. The largest absolute Gasteiger partial charge is 0.491 e. The maximum atomic E-state index is 13.7. The van der Waals surface area contributed by atoms with Gasteiger partial charge in [-0.25, -0.2) is 4.79 Å². The third-order valence-electron chi connectivity index (χ3n) is 5.71. The maximum Gasteiger partial charge on any atom is 0.416 e. The number of nitrogens with zero attached hydrogens (tertiary/aromatic N) is 2. The lowest BCUT2D eigenvalue weighted by atomic mass is 10.0. The molecule has 2 N–H and O–H groups in total. The molecule has 0 saturated carbocycles. The minimum atomic E-state index is -4.52. The molecule has 10 heteroatoms. The van der Waals surface area contributed by atoms with E-state index in [0.717, 1.165) is 48.7 Å². The molecular formula is C26H36BrF3N4O2. The van der Waals surface area contributed by atoms with Crippen LogP contribution in [0.5, 0.6) is 5.75 Å². The highest BCUT2D eigenvalue weighted by molar-refractivity contribution is 9.10. The van der Waals surface area contributed by atoms with Crippen molar-refractivity contribution in [2.24, 2.45) is 0 Å². The zero-order chi connectivity index (χ0) is 25.6. The minimum Gasteiger partial charge on any atom is -0.491 e. The van der Waals surface area contributed by atoms with Crippen LogP contribution in [-0.2, 0) is 19.1 Å². The van der Waals surface area contributed by atoms with Crippen LogP contribution < -0.4 is 15.4 Å². The number of hydrogen-bond acceptors (Lipinski definition) is 4. The summed E-state index contributed by atoms with van der Waals surface area (Å²) in [6.45, 7) is 8.07. The van der Waals surface area contributed by atoms with Crippen molar-refractivity contribution in [1.82, 2.24) is 9.80 Å². The fourth-order valence-corrected chi connectivity index (χ4v) is 4.45. The lowest BCUT2D eigenvalue weighted by Crippen LogP contribution is -2.44. The van der Waals surface area contributed by atoms with Gasteiger partial charge in [0.05, 0.1) is 17.9 Å². The van der Waals surface area contributed by atoms with Crippen molar-refractivity contribution in [3.63, 3.8) is 0 Å². The molecule has 0 unspecified atom stereocenters. The lowest BCUT2D eigenvalue weighted by Gasteiger charge is -2.33. The predicted octanol–water partition coefficient (Wildman–Crippen LogP) is 6.85. The van der Waals surface area contributed by atoms with Crippen LogP contribution in [-0.4, -0.2) is 55.7 Å². The van der Waals surface area contributed by atoms with E-state index in [2.05, 4.69) is 45.3 Å². The second-order valence-electron chi connectivity index (χ2n) is 8.74. The van der Waals surface area contributed by atoms with Crippen LogP contribution in [0.3, 0.4) is 0 Å². The molecule has 4 rings (SSSR count). The third kappa shape index (κ3) is 7.85. The van der Waals surface area contributed by atoms with Crippen LogP contribution in [0.25, 0.3) is 0 Å². The number of carbonyl (C=O) groups excluding carboxylic acids is 1. The number of nitrogens with one attached hydrogen (secondary N) is 2. The second-order valence-corrected chi connectivity index (χ2v) is 9.59. The molecule has 0 spiro atoms. The first-order valence-electron chi connectivity index (χ1n) is 11.8. The number of piperazine rings is 1. The summed E-state index contributed by atoms with van der Waals surface area (Å²) in [6.07, 6.45) is -2.55. The molecule has 2 aromatic rings. The molecule has 0 atom stereocenters. The van der Waals surface area contributed by atoms with E-state index in [9.17, 15) is 18.0 Å². The zero-order valence-corrected chi connectivity index (χ0v) is 21.9. The van der Waals surface area contributed by atoms with E-state index in [1.54, 1.807) is 12.1 Å². The number of benzene rings is 2. The highest BCUT2D eigenvalue weighted by atomic mass is 79.9. The Kier molecular flexibility index (Phi) is 11.1. The molecule has 36 heavy (non-hydrogen) atoms.